The highest BCUT2D eigenvalue weighted by Gasteiger charge is 2.58. The lowest BCUT2D eigenvalue weighted by Crippen LogP contribution is -2.40. The summed E-state index contributed by atoms with van der Waals surface area (Å²) in [6.07, 6.45) is 5.98. The number of guanidine groups is 1. The van der Waals surface area contributed by atoms with Crippen LogP contribution in [0.25, 0.3) is 0 Å². The molecule has 2 fully saturated rings. The second kappa shape index (κ2) is 8.69. The van der Waals surface area contributed by atoms with Crippen molar-refractivity contribution in [3.63, 3.8) is 0 Å². The number of hydrogen-bond donors (Lipinski definition) is 2. The lowest BCUT2D eigenvalue weighted by Gasteiger charge is -2.18. The number of allylic oxidation sites excluding steroid dienone is 2. The lowest BCUT2D eigenvalue weighted by atomic mass is 9.85. The van der Waals surface area contributed by atoms with E-state index in [4.69, 9.17) is 0 Å². The molecule has 6 nitrogen and oxygen atoms in total. The summed E-state index contributed by atoms with van der Waals surface area (Å²) >= 11 is 1.71. The lowest BCUT2D eigenvalue weighted by molar-refractivity contribution is -0.140. The van der Waals surface area contributed by atoms with Crippen molar-refractivity contribution in [2.75, 3.05) is 26.2 Å². The van der Waals surface area contributed by atoms with Crippen LogP contribution in [-0.2, 0) is 9.59 Å². The molecule has 2 N–H and O–H groups in total. The molecule has 1 saturated heterocycles. The number of nitrogens with one attached hydrogen (secondary N) is 2. The zero-order valence-corrected chi connectivity index (χ0v) is 18.0. The zero-order chi connectivity index (χ0) is 20.4. The van der Waals surface area contributed by atoms with Gasteiger partial charge in [-0.2, -0.15) is 11.3 Å². The normalized spacial score (nSPS) is 28.9. The number of thiophene rings is 1. The van der Waals surface area contributed by atoms with Crippen LogP contribution in [0.4, 0.5) is 0 Å². The predicted molar refractivity (Wildman–Crippen MR) is 116 cm³/mol. The van der Waals surface area contributed by atoms with E-state index in [1.54, 1.807) is 11.3 Å². The van der Waals surface area contributed by atoms with Crippen LogP contribution in [0, 0.1) is 23.7 Å². The van der Waals surface area contributed by atoms with E-state index in [2.05, 4.69) is 51.5 Å². The molecule has 156 valence electrons. The fourth-order valence-electron chi connectivity index (χ4n) is 4.86. The van der Waals surface area contributed by atoms with Gasteiger partial charge in [0.2, 0.25) is 11.8 Å². The average Bonchev–Trinajstić information content (AvgIpc) is 3.49. The first-order valence-corrected chi connectivity index (χ1v) is 11.6. The number of hydrogen-bond acceptors (Lipinski definition) is 4. The number of carbonyl (C=O) groups excluding carboxylic acids is 2. The second-order valence-electron chi connectivity index (χ2n) is 8.29. The molecule has 4 rings (SSSR count). The molecule has 0 spiro atoms. The number of amides is 2. The third-order valence-electron chi connectivity index (χ3n) is 6.39. The van der Waals surface area contributed by atoms with Crippen molar-refractivity contribution in [2.24, 2.45) is 28.7 Å². The molecule has 2 aliphatic carbocycles. The fraction of sp³-hybridized carbons (Fsp3) is 0.591. The monoisotopic (exact) mass is 414 g/mol. The number of fused-ring (bicyclic) bond motifs is 5. The van der Waals surface area contributed by atoms with Gasteiger partial charge in [0.1, 0.15) is 0 Å². The minimum absolute atomic E-state index is 0.0435. The first-order valence-electron chi connectivity index (χ1n) is 10.7. The molecule has 5 unspecified atom stereocenters. The van der Waals surface area contributed by atoms with Gasteiger partial charge in [0.25, 0.3) is 0 Å². The van der Waals surface area contributed by atoms with Gasteiger partial charge in [-0.05, 0) is 54.0 Å². The third-order valence-corrected chi connectivity index (χ3v) is 7.09. The van der Waals surface area contributed by atoms with Gasteiger partial charge >= 0.3 is 0 Å². The summed E-state index contributed by atoms with van der Waals surface area (Å²) in [6, 6.07) is 2.15. The Balaban J connectivity index is 1.25. The fourth-order valence-corrected chi connectivity index (χ4v) is 5.64. The van der Waals surface area contributed by atoms with Crippen LogP contribution in [-0.4, -0.2) is 48.9 Å². The van der Waals surface area contributed by atoms with Gasteiger partial charge in [0, 0.05) is 32.1 Å². The van der Waals surface area contributed by atoms with Crippen molar-refractivity contribution in [1.82, 2.24) is 15.5 Å². The molecule has 2 heterocycles. The average molecular weight is 415 g/mol. The summed E-state index contributed by atoms with van der Waals surface area (Å²) in [6.45, 7) is 6.90. The molecule has 1 aromatic heterocycles. The van der Waals surface area contributed by atoms with E-state index in [-0.39, 0.29) is 35.5 Å². The highest BCUT2D eigenvalue weighted by molar-refractivity contribution is 7.07. The van der Waals surface area contributed by atoms with E-state index >= 15 is 0 Å². The maximum Gasteiger partial charge on any atom is 0.233 e. The molecule has 7 heteroatoms. The van der Waals surface area contributed by atoms with Crippen molar-refractivity contribution in [3.05, 3.63) is 34.5 Å². The first kappa shape index (κ1) is 20.1. The minimum Gasteiger partial charge on any atom is -0.357 e. The predicted octanol–water partition coefficient (Wildman–Crippen LogP) is 2.60. The summed E-state index contributed by atoms with van der Waals surface area (Å²) in [7, 11) is 0. The standard InChI is InChI=1S/C22H30N4O2S/c1-3-23-22(25-12-14(2)17-7-10-29-13-17)24-8-4-9-26-20(27)18-15-5-6-16(11-15)19(18)21(26)28/h5-7,10,13-16,18-19H,3-4,8-9,11-12H2,1-2H3,(H2,23,24,25). The zero-order valence-electron chi connectivity index (χ0n) is 17.1. The molecule has 2 bridgehead atoms. The van der Waals surface area contributed by atoms with Crippen molar-refractivity contribution in [3.8, 4) is 0 Å². The van der Waals surface area contributed by atoms with Gasteiger partial charge in [0.15, 0.2) is 5.96 Å². The summed E-state index contributed by atoms with van der Waals surface area (Å²) < 4.78 is 0. The molecule has 5 atom stereocenters. The molecule has 1 aromatic rings. The van der Waals surface area contributed by atoms with Crippen LogP contribution in [0.15, 0.2) is 34.0 Å². The Morgan fingerprint density at radius 2 is 1.97 bits per heavy atom. The van der Waals surface area contributed by atoms with Gasteiger partial charge in [-0.3, -0.25) is 19.5 Å². The molecule has 2 amide bonds. The Morgan fingerprint density at radius 1 is 1.24 bits per heavy atom. The van der Waals surface area contributed by atoms with Crippen LogP contribution in [0.2, 0.25) is 0 Å². The number of likely N-dealkylation sites (tertiary alicyclic amines) is 1. The maximum atomic E-state index is 12.7. The Hall–Kier alpha value is -2.15. The largest absolute Gasteiger partial charge is 0.357 e. The number of carbonyl (C=O) groups is 2. The van der Waals surface area contributed by atoms with Gasteiger partial charge < -0.3 is 10.6 Å². The van der Waals surface area contributed by atoms with Crippen molar-refractivity contribution < 1.29 is 9.59 Å². The van der Waals surface area contributed by atoms with Crippen molar-refractivity contribution in [2.45, 2.75) is 32.6 Å². The Morgan fingerprint density at radius 3 is 2.59 bits per heavy atom. The third kappa shape index (κ3) is 3.97. The van der Waals surface area contributed by atoms with Gasteiger partial charge in [-0.1, -0.05) is 19.1 Å². The van der Waals surface area contributed by atoms with Crippen LogP contribution in [0.3, 0.4) is 0 Å². The quantitative estimate of drug-likeness (QED) is 0.225. The van der Waals surface area contributed by atoms with E-state index < -0.39 is 0 Å². The summed E-state index contributed by atoms with van der Waals surface area (Å²) in [5.74, 6) is 1.62. The molecular weight excluding hydrogens is 384 g/mol. The Bertz CT molecular complexity index is 774. The molecule has 1 saturated carbocycles. The maximum absolute atomic E-state index is 12.7. The minimum atomic E-state index is -0.0945. The smallest absolute Gasteiger partial charge is 0.233 e. The number of nitrogens with zero attached hydrogens (tertiary/aromatic N) is 2. The highest BCUT2D eigenvalue weighted by atomic mass is 32.1. The number of rotatable bonds is 8. The first-order chi connectivity index (χ1) is 14.1. The molecule has 1 aliphatic heterocycles. The second-order valence-corrected chi connectivity index (χ2v) is 9.07. The van der Waals surface area contributed by atoms with E-state index in [0.29, 0.717) is 25.6 Å². The van der Waals surface area contributed by atoms with Crippen LogP contribution in [0.1, 0.15) is 38.2 Å². The SMILES string of the molecule is CCNC(=NCC(C)c1ccsc1)NCCCN1C(=O)C2C3C=CC(C3)C2C1=O. The molecule has 0 aromatic carbocycles. The summed E-state index contributed by atoms with van der Waals surface area (Å²) in [5.41, 5.74) is 1.31. The Kier molecular flexibility index (Phi) is 6.04. The molecule has 3 aliphatic rings. The molecule has 0 radical (unpaired) electrons. The van der Waals surface area contributed by atoms with Gasteiger partial charge in [-0.15, -0.1) is 0 Å². The van der Waals surface area contributed by atoms with Crippen LogP contribution in [0.5, 0.6) is 0 Å². The summed E-state index contributed by atoms with van der Waals surface area (Å²) in [4.78, 5) is 31.6. The van der Waals surface area contributed by atoms with Gasteiger partial charge in [-0.25, -0.2) is 0 Å². The summed E-state index contributed by atoms with van der Waals surface area (Å²) in [5, 5.41) is 10.9. The van der Waals surface area contributed by atoms with Crippen molar-refractivity contribution in [1.29, 1.82) is 0 Å². The van der Waals surface area contributed by atoms with Gasteiger partial charge in [0.05, 0.1) is 11.8 Å². The number of imide groups is 1. The van der Waals surface area contributed by atoms with Crippen molar-refractivity contribution >= 4 is 29.1 Å². The molecule has 29 heavy (non-hydrogen) atoms. The van der Waals surface area contributed by atoms with Crippen LogP contribution >= 0.6 is 11.3 Å². The van der Waals surface area contributed by atoms with E-state index in [1.165, 1.54) is 10.5 Å². The number of aliphatic imine (C=N–C) groups is 1. The topological polar surface area (TPSA) is 73.8 Å². The molecular formula is C22H30N4O2S. The van der Waals surface area contributed by atoms with E-state index in [1.807, 2.05) is 6.92 Å². The van der Waals surface area contributed by atoms with E-state index in [0.717, 1.165) is 25.3 Å². The van der Waals surface area contributed by atoms with Crippen LogP contribution < -0.4 is 10.6 Å². The van der Waals surface area contributed by atoms with E-state index in [9.17, 15) is 9.59 Å². The highest BCUT2D eigenvalue weighted by Crippen LogP contribution is 2.52. The Labute approximate surface area is 176 Å².